The van der Waals surface area contributed by atoms with Crippen molar-refractivity contribution in [3.63, 3.8) is 0 Å². The van der Waals surface area contributed by atoms with E-state index >= 15 is 0 Å². The standard InChI is InChI=1S/C17H23N3O2/c1-2-18-12-17(22)20(13-18)11-15-8-16(21)19(10-15)9-14-6-4-3-5-7-14/h3-7,15H,2,8-13H2,1H3. The third-order valence-electron chi connectivity index (χ3n) is 4.52. The number of likely N-dealkylation sites (tertiary alicyclic amines) is 1. The van der Waals surface area contributed by atoms with Gasteiger partial charge in [-0.1, -0.05) is 37.3 Å². The van der Waals surface area contributed by atoms with Crippen molar-refractivity contribution in [2.75, 3.05) is 32.8 Å². The summed E-state index contributed by atoms with van der Waals surface area (Å²) in [6, 6.07) is 10.1. The van der Waals surface area contributed by atoms with Crippen molar-refractivity contribution in [3.8, 4) is 0 Å². The lowest BCUT2D eigenvalue weighted by Crippen LogP contribution is -2.33. The highest BCUT2D eigenvalue weighted by atomic mass is 16.2. The second kappa shape index (κ2) is 6.48. The molecule has 0 bridgehead atoms. The first-order chi connectivity index (χ1) is 10.7. The minimum absolute atomic E-state index is 0.191. The Morgan fingerprint density at radius 3 is 2.55 bits per heavy atom. The first kappa shape index (κ1) is 15.0. The first-order valence-electron chi connectivity index (χ1n) is 7.97. The van der Waals surface area contributed by atoms with Crippen LogP contribution in [-0.2, 0) is 16.1 Å². The van der Waals surface area contributed by atoms with Crippen molar-refractivity contribution in [2.24, 2.45) is 5.92 Å². The minimum atomic E-state index is 0.191. The highest BCUT2D eigenvalue weighted by Gasteiger charge is 2.34. The van der Waals surface area contributed by atoms with Gasteiger partial charge >= 0.3 is 0 Å². The summed E-state index contributed by atoms with van der Waals surface area (Å²) in [6.07, 6.45) is 0.558. The Hall–Kier alpha value is -1.88. The highest BCUT2D eigenvalue weighted by molar-refractivity contribution is 5.81. The fourth-order valence-corrected chi connectivity index (χ4v) is 3.28. The molecular weight excluding hydrogens is 278 g/mol. The van der Waals surface area contributed by atoms with Crippen LogP contribution in [0.2, 0.25) is 0 Å². The quantitative estimate of drug-likeness (QED) is 0.819. The Bertz CT molecular complexity index is 546. The van der Waals surface area contributed by atoms with Crippen LogP contribution in [0.15, 0.2) is 30.3 Å². The topological polar surface area (TPSA) is 43.9 Å². The summed E-state index contributed by atoms with van der Waals surface area (Å²) in [5, 5.41) is 0. The van der Waals surface area contributed by atoms with Crippen LogP contribution in [0.3, 0.4) is 0 Å². The number of hydrogen-bond acceptors (Lipinski definition) is 3. The molecule has 1 atom stereocenters. The Morgan fingerprint density at radius 2 is 1.86 bits per heavy atom. The molecule has 0 radical (unpaired) electrons. The van der Waals surface area contributed by atoms with Crippen LogP contribution in [0.1, 0.15) is 18.9 Å². The maximum atomic E-state index is 12.2. The molecule has 3 rings (SSSR count). The van der Waals surface area contributed by atoms with Crippen LogP contribution < -0.4 is 0 Å². The highest BCUT2D eigenvalue weighted by Crippen LogP contribution is 2.22. The van der Waals surface area contributed by atoms with Crippen LogP contribution >= 0.6 is 0 Å². The fraction of sp³-hybridized carbons (Fsp3) is 0.529. The Balaban J connectivity index is 1.55. The third kappa shape index (κ3) is 3.30. The molecule has 0 saturated carbocycles. The summed E-state index contributed by atoms with van der Waals surface area (Å²) in [5.41, 5.74) is 1.16. The molecule has 2 aliphatic rings. The number of amides is 2. The van der Waals surface area contributed by atoms with Crippen LogP contribution in [0, 0.1) is 5.92 Å². The van der Waals surface area contributed by atoms with Gasteiger partial charge in [0.05, 0.1) is 13.2 Å². The Labute approximate surface area is 131 Å². The predicted octanol–water partition coefficient (Wildman–Crippen LogP) is 1.16. The van der Waals surface area contributed by atoms with Crippen molar-refractivity contribution in [3.05, 3.63) is 35.9 Å². The van der Waals surface area contributed by atoms with Gasteiger partial charge < -0.3 is 9.80 Å². The van der Waals surface area contributed by atoms with Crippen LogP contribution in [0.25, 0.3) is 0 Å². The maximum Gasteiger partial charge on any atom is 0.237 e. The van der Waals surface area contributed by atoms with Gasteiger partial charge in [0.2, 0.25) is 11.8 Å². The largest absolute Gasteiger partial charge is 0.338 e. The van der Waals surface area contributed by atoms with Gasteiger partial charge in [-0.25, -0.2) is 0 Å². The normalized spacial score (nSPS) is 22.9. The summed E-state index contributed by atoms with van der Waals surface area (Å²) in [5.74, 6) is 0.653. The molecule has 2 amide bonds. The third-order valence-corrected chi connectivity index (χ3v) is 4.52. The average molecular weight is 301 g/mol. The Kier molecular flexibility index (Phi) is 4.43. The van der Waals surface area contributed by atoms with Crippen molar-refractivity contribution < 1.29 is 9.59 Å². The number of nitrogens with zero attached hydrogens (tertiary/aromatic N) is 3. The second-order valence-corrected chi connectivity index (χ2v) is 6.23. The van der Waals surface area contributed by atoms with E-state index in [0.29, 0.717) is 32.7 Å². The molecule has 2 saturated heterocycles. The molecule has 118 valence electrons. The molecule has 5 nitrogen and oxygen atoms in total. The molecule has 2 heterocycles. The molecule has 1 aromatic rings. The van der Waals surface area contributed by atoms with E-state index in [1.807, 2.05) is 40.1 Å². The number of carbonyl (C=O) groups is 2. The summed E-state index contributed by atoms with van der Waals surface area (Å²) in [7, 11) is 0. The van der Waals surface area contributed by atoms with Crippen molar-refractivity contribution in [2.45, 2.75) is 19.9 Å². The van der Waals surface area contributed by atoms with Crippen LogP contribution in [0.5, 0.6) is 0 Å². The number of carbonyl (C=O) groups excluding carboxylic acids is 2. The molecule has 0 spiro atoms. The summed E-state index contributed by atoms with van der Waals surface area (Å²) >= 11 is 0. The van der Waals surface area contributed by atoms with E-state index in [1.165, 1.54) is 0 Å². The molecular formula is C17H23N3O2. The Morgan fingerprint density at radius 1 is 1.09 bits per heavy atom. The van der Waals surface area contributed by atoms with Gasteiger partial charge in [0.1, 0.15) is 0 Å². The summed E-state index contributed by atoms with van der Waals surface area (Å²) in [6.45, 7) is 6.31. The van der Waals surface area contributed by atoms with E-state index in [2.05, 4.69) is 11.8 Å². The van der Waals surface area contributed by atoms with E-state index in [-0.39, 0.29) is 17.7 Å². The van der Waals surface area contributed by atoms with Gasteiger partial charge in [-0.2, -0.15) is 0 Å². The molecule has 1 aromatic carbocycles. The van der Waals surface area contributed by atoms with Gasteiger partial charge in [0.15, 0.2) is 0 Å². The molecule has 0 N–H and O–H groups in total. The number of benzene rings is 1. The average Bonchev–Trinajstić information content (AvgIpc) is 3.04. The van der Waals surface area contributed by atoms with Crippen molar-refractivity contribution >= 4 is 11.8 Å². The smallest absolute Gasteiger partial charge is 0.237 e. The van der Waals surface area contributed by atoms with Gasteiger partial charge in [0.25, 0.3) is 0 Å². The molecule has 5 heteroatoms. The van der Waals surface area contributed by atoms with Crippen molar-refractivity contribution in [1.29, 1.82) is 0 Å². The molecule has 2 fully saturated rings. The SMILES string of the molecule is CCN1CC(=O)N(CC2CC(=O)N(Cc3ccccc3)C2)C1. The zero-order chi connectivity index (χ0) is 15.5. The summed E-state index contributed by atoms with van der Waals surface area (Å²) in [4.78, 5) is 30.1. The van der Waals surface area contributed by atoms with Gasteiger partial charge in [0, 0.05) is 32.0 Å². The van der Waals surface area contributed by atoms with E-state index in [1.54, 1.807) is 0 Å². The van der Waals surface area contributed by atoms with Crippen LogP contribution in [-0.4, -0.2) is 59.4 Å². The molecule has 0 aliphatic carbocycles. The van der Waals surface area contributed by atoms with E-state index in [0.717, 1.165) is 18.7 Å². The lowest BCUT2D eigenvalue weighted by atomic mass is 10.1. The van der Waals surface area contributed by atoms with Crippen molar-refractivity contribution in [1.82, 2.24) is 14.7 Å². The number of rotatable bonds is 5. The number of hydrogen-bond donors (Lipinski definition) is 0. The van der Waals surface area contributed by atoms with Gasteiger partial charge in [-0.05, 0) is 12.1 Å². The first-order valence-corrected chi connectivity index (χ1v) is 7.97. The minimum Gasteiger partial charge on any atom is -0.338 e. The lowest BCUT2D eigenvalue weighted by Gasteiger charge is -2.21. The van der Waals surface area contributed by atoms with E-state index < -0.39 is 0 Å². The number of likely N-dealkylation sites (N-methyl/N-ethyl adjacent to an activating group) is 1. The van der Waals surface area contributed by atoms with E-state index in [4.69, 9.17) is 0 Å². The molecule has 1 unspecified atom stereocenters. The lowest BCUT2D eigenvalue weighted by molar-refractivity contribution is -0.129. The van der Waals surface area contributed by atoms with E-state index in [9.17, 15) is 9.59 Å². The fourth-order valence-electron chi connectivity index (χ4n) is 3.28. The zero-order valence-electron chi connectivity index (χ0n) is 13.1. The maximum absolute atomic E-state index is 12.2. The molecule has 2 aliphatic heterocycles. The molecule has 22 heavy (non-hydrogen) atoms. The second-order valence-electron chi connectivity index (χ2n) is 6.23. The zero-order valence-corrected chi connectivity index (χ0v) is 13.1. The predicted molar refractivity (Wildman–Crippen MR) is 83.8 cm³/mol. The molecule has 0 aromatic heterocycles. The van der Waals surface area contributed by atoms with Crippen LogP contribution in [0.4, 0.5) is 0 Å². The van der Waals surface area contributed by atoms with Gasteiger partial charge in [-0.15, -0.1) is 0 Å². The van der Waals surface area contributed by atoms with Gasteiger partial charge in [-0.3, -0.25) is 14.5 Å². The monoisotopic (exact) mass is 301 g/mol. The summed E-state index contributed by atoms with van der Waals surface area (Å²) < 4.78 is 0.